The molecule has 5 aromatic rings. The van der Waals surface area contributed by atoms with Crippen LogP contribution in [0.1, 0.15) is 204 Å². The van der Waals surface area contributed by atoms with Crippen LogP contribution >= 0.6 is 12.4 Å². The second-order valence-electron chi connectivity index (χ2n) is 24.3. The van der Waals surface area contributed by atoms with E-state index >= 15 is 0 Å². The van der Waals surface area contributed by atoms with Crippen molar-refractivity contribution in [2.24, 2.45) is 5.73 Å². The van der Waals surface area contributed by atoms with Crippen molar-refractivity contribution in [3.05, 3.63) is 160 Å². The molecule has 508 valence electrons. The summed E-state index contributed by atoms with van der Waals surface area (Å²) in [6, 6.07) is 15.7. The minimum atomic E-state index is -1.21. The van der Waals surface area contributed by atoms with E-state index in [0.29, 0.717) is 25.7 Å². The number of carboxylic acids is 1. The average molecular weight is 1310 g/mol. The third-order valence-corrected chi connectivity index (χ3v) is 16.1. The van der Waals surface area contributed by atoms with Crippen molar-refractivity contribution in [2.45, 2.75) is 216 Å². The predicted octanol–water partition coefficient (Wildman–Crippen LogP) is 6.81. The quantitative estimate of drug-likeness (QED) is 0.0569. The van der Waals surface area contributed by atoms with Crippen molar-refractivity contribution in [3.8, 4) is 0 Å². The number of carbonyl (C=O) groups is 4. The van der Waals surface area contributed by atoms with Crippen LogP contribution in [-0.4, -0.2) is 129 Å². The maximum atomic E-state index is 12.5. The number of aromatic nitrogens is 4. The van der Waals surface area contributed by atoms with E-state index in [4.69, 9.17) is 26.4 Å². The maximum absolute atomic E-state index is 12.5. The van der Waals surface area contributed by atoms with Crippen LogP contribution in [0.5, 0.6) is 0 Å². The van der Waals surface area contributed by atoms with Gasteiger partial charge in [-0.25, -0.2) is 24.0 Å². The lowest BCUT2D eigenvalue weighted by atomic mass is 9.92. The normalized spacial score (nSPS) is 23.3. The SMILES string of the molecule is CC(C)(C)OC(=O)Nc1cccn([C@@H]2CCC[C@@H](O)C2)c1=O.COC(=O)c1cccn([C@@H]2CCC[C@@H](O)C2)c1=O.COC(=O)c1cccoc1=O.Cl.N[C@H]1CCC[C@H](O)C1.Nc1cccn([C@@H]2CCC[C@@H](O)C2)c1=O.O=C(O)c1cccn([C@@H]2CCC[C@@H](O)C2)c1=O. The van der Waals surface area contributed by atoms with E-state index in [1.165, 1.54) is 53.9 Å². The lowest BCUT2D eigenvalue weighted by Gasteiger charge is -2.27. The van der Waals surface area contributed by atoms with Crippen molar-refractivity contribution in [3.63, 3.8) is 0 Å². The van der Waals surface area contributed by atoms with Crippen LogP contribution in [0.25, 0.3) is 0 Å². The molecule has 27 heteroatoms. The van der Waals surface area contributed by atoms with Crippen molar-refractivity contribution in [1.82, 2.24) is 18.3 Å². The highest BCUT2D eigenvalue weighted by atomic mass is 35.5. The Morgan fingerprint density at radius 3 is 1.27 bits per heavy atom. The summed E-state index contributed by atoms with van der Waals surface area (Å²) in [7, 11) is 2.46. The number of hydrogen-bond donors (Lipinski definition) is 9. The maximum Gasteiger partial charge on any atom is 0.412 e. The van der Waals surface area contributed by atoms with Gasteiger partial charge in [0.15, 0.2) is 0 Å². The molecule has 0 bridgehead atoms. The highest BCUT2D eigenvalue weighted by molar-refractivity contribution is 5.89. The van der Waals surface area contributed by atoms with E-state index in [1.807, 2.05) is 0 Å². The summed E-state index contributed by atoms with van der Waals surface area (Å²) in [5.74, 6) is -2.51. The molecule has 0 aliphatic heterocycles. The van der Waals surface area contributed by atoms with Gasteiger partial charge in [0.05, 0.1) is 56.7 Å². The van der Waals surface area contributed by atoms with Gasteiger partial charge in [-0.2, -0.15) is 0 Å². The van der Waals surface area contributed by atoms with Gasteiger partial charge in [0.25, 0.3) is 22.2 Å². The van der Waals surface area contributed by atoms with E-state index in [0.717, 1.165) is 103 Å². The molecule has 0 aromatic carbocycles. The summed E-state index contributed by atoms with van der Waals surface area (Å²) >= 11 is 0. The minimum absolute atomic E-state index is 0. The summed E-state index contributed by atoms with van der Waals surface area (Å²) in [6.07, 6.45) is 22.2. The van der Waals surface area contributed by atoms with E-state index < -0.39 is 46.9 Å². The molecule has 0 radical (unpaired) electrons. The molecule has 10 rings (SSSR count). The number of nitrogens with zero attached hydrogens (tertiary/aromatic N) is 4. The number of hydrogen-bond acceptors (Lipinski definition) is 20. The topological polar surface area (TPSA) is 400 Å². The molecule has 5 heterocycles. The Balaban J connectivity index is 0.000000240. The number of aliphatic hydroxyl groups is 5. The number of anilines is 2. The largest absolute Gasteiger partial charge is 0.477 e. The van der Waals surface area contributed by atoms with Crippen molar-refractivity contribution >= 4 is 47.8 Å². The predicted molar refractivity (Wildman–Crippen MR) is 345 cm³/mol. The monoisotopic (exact) mass is 1310 g/mol. The molecule has 10 atom stereocenters. The number of carboxylic acid groups (broad SMARTS) is 1. The summed E-state index contributed by atoms with van der Waals surface area (Å²) in [6.45, 7) is 5.29. The lowest BCUT2D eigenvalue weighted by Crippen LogP contribution is -2.33. The Morgan fingerprint density at radius 1 is 0.511 bits per heavy atom. The van der Waals surface area contributed by atoms with Crippen LogP contribution in [0.2, 0.25) is 0 Å². The molecule has 1 amide bonds. The molecule has 5 aliphatic rings. The molecule has 5 aromatic heterocycles. The number of nitrogens with two attached hydrogens (primary N) is 2. The summed E-state index contributed by atoms with van der Waals surface area (Å²) in [5, 5.41) is 58.9. The summed E-state index contributed by atoms with van der Waals surface area (Å²) < 4.78 is 24.7. The molecule has 26 nitrogen and oxygen atoms in total. The molecule has 5 fully saturated rings. The number of pyridine rings is 4. The fourth-order valence-corrected chi connectivity index (χ4v) is 11.5. The second kappa shape index (κ2) is 37.7. The fourth-order valence-electron chi connectivity index (χ4n) is 11.5. The highest BCUT2D eigenvalue weighted by Crippen LogP contribution is 2.31. The number of carbonyl (C=O) groups excluding carboxylic acids is 3. The molecule has 92 heavy (non-hydrogen) atoms. The first-order valence-electron chi connectivity index (χ1n) is 30.9. The number of aliphatic hydroxyl groups excluding tert-OH is 5. The van der Waals surface area contributed by atoms with Crippen LogP contribution in [0.4, 0.5) is 16.2 Å². The van der Waals surface area contributed by atoms with E-state index in [9.17, 15) is 63.6 Å². The third-order valence-electron chi connectivity index (χ3n) is 16.1. The van der Waals surface area contributed by atoms with Gasteiger partial charge in [-0.3, -0.25) is 24.5 Å². The molecule has 0 unspecified atom stereocenters. The number of methoxy groups -OCH3 is 2. The second-order valence-corrected chi connectivity index (χ2v) is 24.3. The van der Waals surface area contributed by atoms with Gasteiger partial charge >= 0.3 is 29.6 Å². The highest BCUT2D eigenvalue weighted by Gasteiger charge is 2.28. The van der Waals surface area contributed by atoms with Gasteiger partial charge in [0.2, 0.25) is 0 Å². The zero-order chi connectivity index (χ0) is 67.0. The van der Waals surface area contributed by atoms with Gasteiger partial charge in [0.1, 0.15) is 28.0 Å². The van der Waals surface area contributed by atoms with Crippen LogP contribution < -0.4 is 44.6 Å². The van der Waals surface area contributed by atoms with Gasteiger partial charge in [-0.05, 0) is 210 Å². The molecule has 5 aliphatic carbocycles. The van der Waals surface area contributed by atoms with Gasteiger partial charge in [0, 0.05) is 55.0 Å². The zero-order valence-corrected chi connectivity index (χ0v) is 53.7. The van der Waals surface area contributed by atoms with Gasteiger partial charge in [-0.15, -0.1) is 12.4 Å². The number of nitrogens with one attached hydrogen (secondary N) is 1. The summed E-state index contributed by atoms with van der Waals surface area (Å²) in [4.78, 5) is 104. The molecule has 5 saturated carbocycles. The van der Waals surface area contributed by atoms with Gasteiger partial charge in [-0.1, -0.05) is 0 Å². The molecule has 0 saturated heterocycles. The number of rotatable bonds is 8. The number of aromatic carboxylic acids is 1. The molecular formula is C65H92ClN7O19. The lowest BCUT2D eigenvalue weighted by molar-refractivity contribution is 0.0586. The van der Waals surface area contributed by atoms with Crippen LogP contribution in [0.3, 0.4) is 0 Å². The first-order chi connectivity index (χ1) is 43.2. The van der Waals surface area contributed by atoms with Crippen molar-refractivity contribution in [2.75, 3.05) is 25.3 Å². The zero-order valence-electron chi connectivity index (χ0n) is 52.9. The Bertz CT molecular complexity index is 3460. The first-order valence-corrected chi connectivity index (χ1v) is 30.9. The van der Waals surface area contributed by atoms with Crippen molar-refractivity contribution < 1.29 is 68.4 Å². The molecule has 11 N–H and O–H groups in total. The summed E-state index contributed by atoms with van der Waals surface area (Å²) in [5.41, 5.74) is 8.79. The van der Waals surface area contributed by atoms with E-state index in [1.54, 1.807) is 91.1 Å². The number of ether oxygens (including phenoxy) is 3. The van der Waals surface area contributed by atoms with Crippen molar-refractivity contribution in [1.29, 1.82) is 0 Å². The fraction of sp³-hybridized carbons (Fsp3) is 0.554. The minimum Gasteiger partial charge on any atom is -0.477 e. The average Bonchev–Trinajstić information content (AvgIpc) is 0.883. The Kier molecular flexibility index (Phi) is 31.4. The standard InChI is InChI=1S/C16H24N2O4.C13H17NO4.C12H15NO4.C11H16N2O2.C7H6O4.C6H13NO.ClH/c1-16(2,3)22-15(21)17-13-8-5-9-18(14(13)20)11-6-4-7-12(19)10-11;1-18-13(17)11-6-3-7-14(12(11)16)9-4-2-5-10(15)8-9;14-9-4-1-3-8(7-9)13-6-2-5-10(11(13)15)12(16)17;12-10-5-2-6-13(11(10)15)8-3-1-4-9(14)7-8;1-10-6(8)5-3-2-4-11-7(5)9;7-5-2-1-3-6(8)4-5;/h5,8-9,11-12,19H,4,6-7,10H2,1-3H3,(H,17,21);3,6-7,9-10,15H,2,4-5,8H2,1H3;2,5-6,8-9,14H,1,3-4,7H2,(H,16,17);2,5-6,8-9,14H,1,3-4,7,12H2;2-4H,1H3;5-6,8H,1-4,7H2;1H/t11-,12-;9-,10-;2*8-,9-;;5-,6-;/m1111.0./s1. The Morgan fingerprint density at radius 2 is 0.880 bits per heavy atom. The van der Waals surface area contributed by atoms with Gasteiger partial charge < -0.3 is 79.0 Å². The Labute approximate surface area is 539 Å². The van der Waals surface area contributed by atoms with Crippen LogP contribution in [0.15, 0.2) is 120 Å². The van der Waals surface area contributed by atoms with E-state index in [-0.39, 0.29) is 112 Å². The molecular weight excluding hydrogens is 1220 g/mol. The number of halogens is 1. The van der Waals surface area contributed by atoms with Crippen LogP contribution in [-0.2, 0) is 14.2 Å². The number of esters is 2. The Hall–Kier alpha value is -7.72. The third kappa shape index (κ3) is 24.1. The number of nitrogen functional groups attached to an aromatic ring is 1. The first kappa shape index (κ1) is 76.7. The van der Waals surface area contributed by atoms with Crippen LogP contribution in [0, 0.1) is 0 Å². The van der Waals surface area contributed by atoms with E-state index in [2.05, 4.69) is 19.2 Å². The molecule has 0 spiro atoms. The smallest absolute Gasteiger partial charge is 0.412 e. The number of amides is 1.